The van der Waals surface area contributed by atoms with E-state index in [1.165, 1.54) is 35.0 Å². The van der Waals surface area contributed by atoms with Crippen LogP contribution in [0, 0.1) is 5.82 Å². The molecular formula is C16H14ClFN4O3S. The van der Waals surface area contributed by atoms with Crippen molar-refractivity contribution in [1.82, 2.24) is 15.2 Å². The zero-order chi connectivity index (χ0) is 19.1. The van der Waals surface area contributed by atoms with Gasteiger partial charge >= 0.3 is 0 Å². The van der Waals surface area contributed by atoms with Crippen molar-refractivity contribution < 1.29 is 17.6 Å². The Balaban J connectivity index is 2.20. The number of nitrogen functional groups attached to an aromatic ring is 1. The van der Waals surface area contributed by atoms with Crippen molar-refractivity contribution in [3.05, 3.63) is 58.5 Å². The summed E-state index contributed by atoms with van der Waals surface area (Å²) in [6.45, 7) is 0.112. The predicted molar refractivity (Wildman–Crippen MR) is 95.0 cm³/mol. The van der Waals surface area contributed by atoms with E-state index in [1.54, 1.807) is 0 Å². The van der Waals surface area contributed by atoms with E-state index in [0.717, 1.165) is 12.3 Å². The van der Waals surface area contributed by atoms with E-state index >= 15 is 0 Å². The molecule has 0 saturated heterocycles. The van der Waals surface area contributed by atoms with Gasteiger partial charge in [-0.15, -0.1) is 0 Å². The number of hydrogen-bond donors (Lipinski definition) is 2. The molecular weight excluding hydrogens is 383 g/mol. The molecule has 0 bridgehead atoms. The van der Waals surface area contributed by atoms with Crippen molar-refractivity contribution in [2.45, 2.75) is 11.4 Å². The first kappa shape index (κ1) is 18.3. The maximum absolute atomic E-state index is 13.2. The smallest absolute Gasteiger partial charge is 0.286 e. The van der Waals surface area contributed by atoms with E-state index in [0.29, 0.717) is 16.5 Å². The van der Waals surface area contributed by atoms with Crippen LogP contribution in [-0.2, 0) is 16.4 Å². The third-order valence-electron chi connectivity index (χ3n) is 3.83. The molecule has 0 unspecified atom stereocenters. The molecule has 3 aromatic rings. The maximum Gasteiger partial charge on any atom is 0.286 e. The Morgan fingerprint density at radius 1 is 1.31 bits per heavy atom. The van der Waals surface area contributed by atoms with E-state index in [2.05, 4.69) is 5.10 Å². The highest BCUT2D eigenvalue weighted by Crippen LogP contribution is 2.25. The monoisotopic (exact) mass is 396 g/mol. The molecule has 0 saturated carbocycles. The summed E-state index contributed by atoms with van der Waals surface area (Å²) in [6.07, 6.45) is 1.08. The van der Waals surface area contributed by atoms with Gasteiger partial charge < -0.3 is 0 Å². The quantitative estimate of drug-likeness (QED) is 0.398. The number of aromatic nitrogens is 2. The van der Waals surface area contributed by atoms with Gasteiger partial charge in [0, 0.05) is 16.7 Å². The van der Waals surface area contributed by atoms with Crippen molar-refractivity contribution in [2.75, 3.05) is 6.26 Å². The standard InChI is InChI=1S/C16H14ClFN4O3S/c1-26(24,25)11-4-5-12-14(7-11)22(21-15(12)16(23)20-19)8-9-2-3-10(18)6-13(9)17/h2-7H,8,19H2,1H3,(H,20,23). The normalized spacial score (nSPS) is 11.7. The molecule has 0 atom stereocenters. The van der Waals surface area contributed by atoms with Crippen LogP contribution in [0.4, 0.5) is 4.39 Å². The number of nitrogens with one attached hydrogen (secondary N) is 1. The molecule has 0 fully saturated rings. The zero-order valence-corrected chi connectivity index (χ0v) is 15.1. The van der Waals surface area contributed by atoms with Crippen molar-refractivity contribution in [1.29, 1.82) is 0 Å². The molecule has 0 aliphatic heterocycles. The lowest BCUT2D eigenvalue weighted by atomic mass is 10.2. The van der Waals surface area contributed by atoms with Crippen LogP contribution in [0.5, 0.6) is 0 Å². The Kier molecular flexibility index (Phi) is 4.70. The van der Waals surface area contributed by atoms with Gasteiger partial charge in [0.25, 0.3) is 5.91 Å². The van der Waals surface area contributed by atoms with E-state index in [4.69, 9.17) is 17.4 Å². The minimum absolute atomic E-state index is 0.0424. The summed E-state index contributed by atoms with van der Waals surface area (Å²) >= 11 is 6.05. The number of nitrogens with two attached hydrogens (primary N) is 1. The lowest BCUT2D eigenvalue weighted by Gasteiger charge is -2.07. The van der Waals surface area contributed by atoms with Gasteiger partial charge in [0.1, 0.15) is 5.82 Å². The summed E-state index contributed by atoms with van der Waals surface area (Å²) in [5.74, 6) is 4.09. The number of carbonyl (C=O) groups excluding carboxylic acids is 1. The van der Waals surface area contributed by atoms with Gasteiger partial charge in [-0.1, -0.05) is 17.7 Å². The minimum atomic E-state index is -3.46. The van der Waals surface area contributed by atoms with Gasteiger partial charge in [-0.05, 0) is 35.9 Å². The zero-order valence-electron chi connectivity index (χ0n) is 13.5. The second-order valence-electron chi connectivity index (χ2n) is 5.67. The van der Waals surface area contributed by atoms with Crippen LogP contribution in [0.25, 0.3) is 10.9 Å². The topological polar surface area (TPSA) is 107 Å². The number of halogens is 2. The van der Waals surface area contributed by atoms with Crippen molar-refractivity contribution in [3.63, 3.8) is 0 Å². The molecule has 0 aliphatic rings. The molecule has 0 radical (unpaired) electrons. The largest absolute Gasteiger partial charge is 0.289 e. The van der Waals surface area contributed by atoms with Crippen LogP contribution in [0.1, 0.15) is 16.1 Å². The summed E-state index contributed by atoms with van der Waals surface area (Å²) in [5, 5.41) is 4.84. The molecule has 2 aromatic carbocycles. The van der Waals surface area contributed by atoms with Gasteiger partial charge in [-0.3, -0.25) is 14.9 Å². The molecule has 3 rings (SSSR count). The molecule has 0 spiro atoms. The highest BCUT2D eigenvalue weighted by molar-refractivity contribution is 7.90. The summed E-state index contributed by atoms with van der Waals surface area (Å²) in [6, 6.07) is 8.21. The first-order chi connectivity index (χ1) is 12.2. The molecule has 136 valence electrons. The Morgan fingerprint density at radius 2 is 2.04 bits per heavy atom. The fourth-order valence-electron chi connectivity index (χ4n) is 2.55. The number of hydrazine groups is 1. The lowest BCUT2D eigenvalue weighted by molar-refractivity contribution is 0.0949. The van der Waals surface area contributed by atoms with Crippen LogP contribution in [0.3, 0.4) is 0 Å². The summed E-state index contributed by atoms with van der Waals surface area (Å²) < 4.78 is 38.3. The number of fused-ring (bicyclic) bond motifs is 1. The average Bonchev–Trinajstić information content (AvgIpc) is 2.94. The van der Waals surface area contributed by atoms with Crippen molar-refractivity contribution in [3.8, 4) is 0 Å². The Labute approximate surface area is 153 Å². The van der Waals surface area contributed by atoms with Crippen LogP contribution in [0.2, 0.25) is 5.02 Å². The number of rotatable bonds is 4. The van der Waals surface area contributed by atoms with E-state index in [1.807, 2.05) is 5.43 Å². The van der Waals surface area contributed by atoms with Gasteiger partial charge in [-0.25, -0.2) is 18.7 Å². The predicted octanol–water partition coefficient (Wildman–Crippen LogP) is 1.88. The van der Waals surface area contributed by atoms with E-state index in [-0.39, 0.29) is 22.2 Å². The lowest BCUT2D eigenvalue weighted by Crippen LogP contribution is -2.30. The summed E-state index contributed by atoms with van der Waals surface area (Å²) in [7, 11) is -3.46. The first-order valence-electron chi connectivity index (χ1n) is 7.36. The van der Waals surface area contributed by atoms with Crippen molar-refractivity contribution >= 4 is 38.2 Å². The first-order valence-corrected chi connectivity index (χ1v) is 9.63. The van der Waals surface area contributed by atoms with Crippen LogP contribution < -0.4 is 11.3 Å². The van der Waals surface area contributed by atoms with E-state index < -0.39 is 21.6 Å². The third-order valence-corrected chi connectivity index (χ3v) is 5.29. The molecule has 10 heteroatoms. The van der Waals surface area contributed by atoms with Crippen molar-refractivity contribution in [2.24, 2.45) is 5.84 Å². The number of benzene rings is 2. The maximum atomic E-state index is 13.2. The highest BCUT2D eigenvalue weighted by atomic mass is 35.5. The van der Waals surface area contributed by atoms with Gasteiger partial charge in [0.15, 0.2) is 15.5 Å². The Morgan fingerprint density at radius 3 is 2.65 bits per heavy atom. The van der Waals surface area contributed by atoms with E-state index in [9.17, 15) is 17.6 Å². The molecule has 26 heavy (non-hydrogen) atoms. The third kappa shape index (κ3) is 3.41. The number of nitrogens with zero attached hydrogens (tertiary/aromatic N) is 2. The fraction of sp³-hybridized carbons (Fsp3) is 0.125. The molecule has 1 heterocycles. The highest BCUT2D eigenvalue weighted by Gasteiger charge is 2.19. The average molecular weight is 397 g/mol. The minimum Gasteiger partial charge on any atom is -0.289 e. The molecule has 0 aliphatic carbocycles. The Hall–Kier alpha value is -2.49. The van der Waals surface area contributed by atoms with Gasteiger partial charge in [-0.2, -0.15) is 5.10 Å². The number of hydrogen-bond acceptors (Lipinski definition) is 5. The number of carbonyl (C=O) groups is 1. The summed E-state index contributed by atoms with van der Waals surface area (Å²) in [5.41, 5.74) is 3.01. The fourth-order valence-corrected chi connectivity index (χ4v) is 3.42. The summed E-state index contributed by atoms with van der Waals surface area (Å²) in [4.78, 5) is 12.1. The molecule has 7 nitrogen and oxygen atoms in total. The Bertz CT molecular complexity index is 1130. The van der Waals surface area contributed by atoms with Crippen LogP contribution >= 0.6 is 11.6 Å². The van der Waals surface area contributed by atoms with Gasteiger partial charge in [0.2, 0.25) is 0 Å². The molecule has 1 amide bonds. The number of amides is 1. The second-order valence-corrected chi connectivity index (χ2v) is 8.09. The van der Waals surface area contributed by atoms with Crippen LogP contribution in [0.15, 0.2) is 41.3 Å². The van der Waals surface area contributed by atoms with Crippen LogP contribution in [-0.4, -0.2) is 30.4 Å². The number of sulfone groups is 1. The molecule has 3 N–H and O–H groups in total. The molecule has 1 aromatic heterocycles. The van der Waals surface area contributed by atoms with Gasteiger partial charge in [0.05, 0.1) is 17.0 Å². The second kappa shape index (κ2) is 6.67. The SMILES string of the molecule is CS(=O)(=O)c1ccc2c(C(=O)NN)nn(Cc3ccc(F)cc3Cl)c2c1.